The van der Waals surface area contributed by atoms with Crippen molar-refractivity contribution in [2.75, 3.05) is 5.75 Å². The molecule has 4 rings (SSSR count). The highest BCUT2D eigenvalue weighted by molar-refractivity contribution is 8.00. The summed E-state index contributed by atoms with van der Waals surface area (Å²) in [6.45, 7) is 0. The Kier molecular flexibility index (Phi) is 5.41. The zero-order valence-electron chi connectivity index (χ0n) is 15.3. The number of thioether (sulfide) groups is 1. The molecule has 0 bridgehead atoms. The van der Waals surface area contributed by atoms with E-state index in [0.717, 1.165) is 20.7 Å². The number of rotatable bonds is 5. The van der Waals surface area contributed by atoms with Gasteiger partial charge in [0.1, 0.15) is 22.9 Å². The molecule has 0 aliphatic carbocycles. The van der Waals surface area contributed by atoms with Crippen LogP contribution in [0.2, 0.25) is 0 Å². The molecule has 0 aliphatic heterocycles. The molecule has 3 aromatic heterocycles. The monoisotopic (exact) mass is 426 g/mol. The molecule has 0 fully saturated rings. The molecule has 2 amide bonds. The van der Waals surface area contributed by atoms with Crippen LogP contribution in [0.25, 0.3) is 20.7 Å². The van der Waals surface area contributed by atoms with Gasteiger partial charge in [-0.25, -0.2) is 14.4 Å². The Morgan fingerprint density at radius 3 is 2.72 bits per heavy atom. The minimum atomic E-state index is -0.439. The van der Waals surface area contributed by atoms with Crippen LogP contribution in [0.1, 0.15) is 10.5 Å². The van der Waals surface area contributed by atoms with Gasteiger partial charge in [-0.05, 0) is 35.9 Å². The molecular weight excluding hydrogens is 411 g/mol. The van der Waals surface area contributed by atoms with Crippen LogP contribution in [-0.2, 0) is 11.8 Å². The lowest BCUT2D eigenvalue weighted by Crippen LogP contribution is -2.32. The number of carbonyl (C=O) groups is 2. The van der Waals surface area contributed by atoms with E-state index in [4.69, 9.17) is 0 Å². The van der Waals surface area contributed by atoms with E-state index in [1.807, 2.05) is 6.07 Å². The van der Waals surface area contributed by atoms with E-state index in [-0.39, 0.29) is 11.6 Å². The summed E-state index contributed by atoms with van der Waals surface area (Å²) in [7, 11) is 1.74. The lowest BCUT2D eigenvalue weighted by atomic mass is 10.2. The highest BCUT2D eigenvalue weighted by atomic mass is 32.2. The molecule has 0 spiro atoms. The SMILES string of the molecule is Cn1cccc1C(=O)NC(=O)CSc1ncnc2cc(-c3ccc(F)cc3)sc12. The number of nitrogens with one attached hydrogen (secondary N) is 1. The van der Waals surface area contributed by atoms with Crippen molar-refractivity contribution < 1.29 is 14.0 Å². The molecule has 0 unspecified atom stereocenters. The zero-order valence-corrected chi connectivity index (χ0v) is 16.9. The maximum absolute atomic E-state index is 13.2. The molecular formula is C20H15FN4O2S2. The van der Waals surface area contributed by atoms with Crippen molar-refractivity contribution in [1.82, 2.24) is 19.9 Å². The Morgan fingerprint density at radius 2 is 2.00 bits per heavy atom. The zero-order chi connectivity index (χ0) is 20.4. The number of nitrogens with zero attached hydrogens (tertiary/aromatic N) is 3. The van der Waals surface area contributed by atoms with Crippen LogP contribution in [0.15, 0.2) is 60.0 Å². The number of hydrogen-bond donors (Lipinski definition) is 1. The molecule has 1 aromatic carbocycles. The molecule has 1 N–H and O–H groups in total. The standard InChI is InChI=1S/C20H15FN4O2S2/c1-25-8-2-3-15(25)19(27)24-17(26)10-28-20-18-14(22-11-23-20)9-16(29-18)12-4-6-13(21)7-5-12/h2-9,11H,10H2,1H3,(H,24,26,27). The third-order valence-corrected chi connectivity index (χ3v) is 6.48. The first-order valence-electron chi connectivity index (χ1n) is 8.60. The average molecular weight is 426 g/mol. The van der Waals surface area contributed by atoms with Crippen LogP contribution in [-0.4, -0.2) is 32.1 Å². The third-order valence-electron chi connectivity index (χ3n) is 4.18. The van der Waals surface area contributed by atoms with E-state index in [2.05, 4.69) is 15.3 Å². The summed E-state index contributed by atoms with van der Waals surface area (Å²) in [6.07, 6.45) is 3.18. The maximum atomic E-state index is 13.2. The first-order chi connectivity index (χ1) is 14.0. The Labute approximate surface area is 173 Å². The lowest BCUT2D eigenvalue weighted by molar-refractivity contribution is -0.117. The van der Waals surface area contributed by atoms with Gasteiger partial charge in [0, 0.05) is 18.1 Å². The van der Waals surface area contributed by atoms with Crippen molar-refractivity contribution in [3.05, 3.63) is 66.5 Å². The van der Waals surface area contributed by atoms with Gasteiger partial charge in [0.15, 0.2) is 0 Å². The molecule has 0 aliphatic rings. The number of amides is 2. The second kappa shape index (κ2) is 8.14. The molecule has 6 nitrogen and oxygen atoms in total. The van der Waals surface area contributed by atoms with Crippen LogP contribution >= 0.6 is 23.1 Å². The van der Waals surface area contributed by atoms with Crippen molar-refractivity contribution in [3.8, 4) is 10.4 Å². The van der Waals surface area contributed by atoms with Crippen LogP contribution in [0, 0.1) is 5.82 Å². The molecule has 0 radical (unpaired) electrons. The van der Waals surface area contributed by atoms with E-state index in [1.54, 1.807) is 42.1 Å². The summed E-state index contributed by atoms with van der Waals surface area (Å²) < 4.78 is 15.7. The highest BCUT2D eigenvalue weighted by Gasteiger charge is 2.15. The molecule has 9 heteroatoms. The second-order valence-electron chi connectivity index (χ2n) is 6.18. The van der Waals surface area contributed by atoms with Gasteiger partial charge < -0.3 is 4.57 Å². The topological polar surface area (TPSA) is 76.9 Å². The summed E-state index contributed by atoms with van der Waals surface area (Å²) in [5, 5.41) is 3.04. The quantitative estimate of drug-likeness (QED) is 0.387. The highest BCUT2D eigenvalue weighted by Crippen LogP contribution is 2.36. The molecule has 146 valence electrons. The number of carbonyl (C=O) groups excluding carboxylic acids is 2. The van der Waals surface area contributed by atoms with Crippen molar-refractivity contribution >= 4 is 45.1 Å². The number of thiophene rings is 1. The van der Waals surface area contributed by atoms with Gasteiger partial charge in [-0.1, -0.05) is 23.9 Å². The van der Waals surface area contributed by atoms with E-state index in [9.17, 15) is 14.0 Å². The number of hydrogen-bond acceptors (Lipinski definition) is 6. The predicted octanol–water partition coefficient (Wildman–Crippen LogP) is 3.88. The van der Waals surface area contributed by atoms with Gasteiger partial charge in [-0.15, -0.1) is 11.3 Å². The van der Waals surface area contributed by atoms with Gasteiger partial charge in [0.25, 0.3) is 5.91 Å². The number of aromatic nitrogens is 3. The second-order valence-corrected chi connectivity index (χ2v) is 8.20. The van der Waals surface area contributed by atoms with Crippen molar-refractivity contribution in [3.63, 3.8) is 0 Å². The van der Waals surface area contributed by atoms with Crippen molar-refractivity contribution in [2.24, 2.45) is 7.05 Å². The Morgan fingerprint density at radius 1 is 1.21 bits per heavy atom. The molecule has 0 atom stereocenters. The van der Waals surface area contributed by atoms with Crippen LogP contribution in [0.5, 0.6) is 0 Å². The fourth-order valence-electron chi connectivity index (χ4n) is 2.75. The van der Waals surface area contributed by atoms with Gasteiger partial charge >= 0.3 is 0 Å². The number of benzene rings is 1. The van der Waals surface area contributed by atoms with E-state index in [0.29, 0.717) is 10.7 Å². The summed E-state index contributed by atoms with van der Waals surface area (Å²) >= 11 is 2.72. The summed E-state index contributed by atoms with van der Waals surface area (Å²) in [5.74, 6) is -1.08. The van der Waals surface area contributed by atoms with Gasteiger partial charge in [0.05, 0.1) is 16.0 Å². The molecule has 29 heavy (non-hydrogen) atoms. The van der Waals surface area contributed by atoms with E-state index < -0.39 is 11.8 Å². The van der Waals surface area contributed by atoms with Crippen LogP contribution in [0.3, 0.4) is 0 Å². The average Bonchev–Trinajstić information content (AvgIpc) is 3.33. The van der Waals surface area contributed by atoms with Gasteiger partial charge in [-0.3, -0.25) is 14.9 Å². The lowest BCUT2D eigenvalue weighted by Gasteiger charge is -2.05. The van der Waals surface area contributed by atoms with E-state index >= 15 is 0 Å². The number of imide groups is 1. The van der Waals surface area contributed by atoms with Crippen molar-refractivity contribution in [2.45, 2.75) is 5.03 Å². The normalized spacial score (nSPS) is 11.0. The fourth-order valence-corrected chi connectivity index (χ4v) is 4.75. The number of halogens is 1. The minimum Gasteiger partial charge on any atom is -0.347 e. The largest absolute Gasteiger partial charge is 0.347 e. The predicted molar refractivity (Wildman–Crippen MR) is 111 cm³/mol. The smallest absolute Gasteiger partial charge is 0.274 e. The fraction of sp³-hybridized carbons (Fsp3) is 0.100. The summed E-state index contributed by atoms with van der Waals surface area (Å²) in [6, 6.07) is 11.5. The summed E-state index contributed by atoms with van der Waals surface area (Å²) in [5.41, 5.74) is 2.05. The number of aryl methyl sites for hydroxylation is 1. The van der Waals surface area contributed by atoms with E-state index in [1.165, 1.54) is 41.6 Å². The van der Waals surface area contributed by atoms with Crippen LogP contribution < -0.4 is 5.32 Å². The maximum Gasteiger partial charge on any atom is 0.274 e. The minimum absolute atomic E-state index is 0.0477. The first kappa shape index (κ1) is 19.3. The Bertz CT molecular complexity index is 1200. The molecule has 3 heterocycles. The molecule has 4 aromatic rings. The Hall–Kier alpha value is -3.04. The Balaban J connectivity index is 1.48. The van der Waals surface area contributed by atoms with Crippen LogP contribution in [0.4, 0.5) is 4.39 Å². The first-order valence-corrected chi connectivity index (χ1v) is 10.4. The third kappa shape index (κ3) is 4.20. The summed E-state index contributed by atoms with van der Waals surface area (Å²) in [4.78, 5) is 33.8. The molecule has 0 saturated carbocycles. The van der Waals surface area contributed by atoms with Gasteiger partial charge in [-0.2, -0.15) is 0 Å². The van der Waals surface area contributed by atoms with Crippen molar-refractivity contribution in [1.29, 1.82) is 0 Å². The molecule has 0 saturated heterocycles. The number of fused-ring (bicyclic) bond motifs is 1. The van der Waals surface area contributed by atoms with Gasteiger partial charge in [0.2, 0.25) is 5.91 Å².